The van der Waals surface area contributed by atoms with Crippen molar-refractivity contribution in [2.45, 2.75) is 6.92 Å². The highest BCUT2D eigenvalue weighted by molar-refractivity contribution is 5.90. The molecule has 0 aromatic heterocycles. The van der Waals surface area contributed by atoms with E-state index in [1.54, 1.807) is 19.1 Å². The number of nitrogens with two attached hydrogens (primary N) is 1. The lowest BCUT2D eigenvalue weighted by Gasteiger charge is -1.96. The molecule has 1 amide bonds. The molecule has 0 aliphatic heterocycles. The summed E-state index contributed by atoms with van der Waals surface area (Å²) >= 11 is 0. The van der Waals surface area contributed by atoms with Crippen LogP contribution in [-0.4, -0.2) is 5.91 Å². The lowest BCUT2D eigenvalue weighted by Crippen LogP contribution is -2.05. The molecule has 0 aliphatic rings. The second-order valence-electron chi connectivity index (χ2n) is 2.74. The molecule has 68 valence electrons. The van der Waals surface area contributed by atoms with Gasteiger partial charge >= 0.3 is 0 Å². The van der Waals surface area contributed by atoms with E-state index < -0.39 is 5.91 Å². The van der Waals surface area contributed by atoms with Crippen LogP contribution in [0.15, 0.2) is 24.3 Å². The van der Waals surface area contributed by atoms with Crippen LogP contribution in [0.5, 0.6) is 0 Å². The van der Waals surface area contributed by atoms with Crippen molar-refractivity contribution in [1.82, 2.24) is 0 Å². The van der Waals surface area contributed by atoms with Crippen molar-refractivity contribution in [3.63, 3.8) is 0 Å². The predicted octanol–water partition coefficient (Wildman–Crippen LogP) is 1.63. The van der Waals surface area contributed by atoms with Crippen LogP contribution in [0, 0.1) is 12.7 Å². The van der Waals surface area contributed by atoms with Gasteiger partial charge in [-0.15, -0.1) is 0 Å². The smallest absolute Gasteiger partial charge is 0.241 e. The summed E-state index contributed by atoms with van der Waals surface area (Å²) in [5, 5.41) is 0. The van der Waals surface area contributed by atoms with E-state index >= 15 is 0 Å². The molecule has 0 unspecified atom stereocenters. The molecule has 13 heavy (non-hydrogen) atoms. The van der Waals surface area contributed by atoms with Gasteiger partial charge in [0.15, 0.2) is 0 Å². The number of benzene rings is 1. The zero-order valence-electron chi connectivity index (χ0n) is 7.25. The summed E-state index contributed by atoms with van der Waals surface area (Å²) < 4.78 is 13.0. The number of halogens is 1. The van der Waals surface area contributed by atoms with Gasteiger partial charge in [-0.1, -0.05) is 12.1 Å². The van der Waals surface area contributed by atoms with Gasteiger partial charge in [0.1, 0.15) is 5.82 Å². The Morgan fingerprint density at radius 2 is 2.23 bits per heavy atom. The Balaban J connectivity index is 2.92. The third-order valence-corrected chi connectivity index (χ3v) is 1.64. The van der Waals surface area contributed by atoms with Crippen LogP contribution in [-0.2, 0) is 4.79 Å². The minimum absolute atomic E-state index is 0.286. The number of carbonyl (C=O) groups excluding carboxylic acids is 1. The normalized spacial score (nSPS) is 10.6. The van der Waals surface area contributed by atoms with Crippen LogP contribution < -0.4 is 5.73 Å². The number of rotatable bonds is 2. The maximum Gasteiger partial charge on any atom is 0.241 e. The first-order chi connectivity index (χ1) is 6.09. The van der Waals surface area contributed by atoms with E-state index in [2.05, 4.69) is 0 Å². The first-order valence-corrected chi connectivity index (χ1v) is 3.83. The number of aryl methyl sites for hydroxylation is 1. The molecule has 0 saturated heterocycles. The first-order valence-electron chi connectivity index (χ1n) is 3.83. The fourth-order valence-electron chi connectivity index (χ4n) is 0.891. The van der Waals surface area contributed by atoms with E-state index in [1.807, 2.05) is 0 Å². The van der Waals surface area contributed by atoms with E-state index in [0.717, 1.165) is 0 Å². The molecule has 0 aliphatic carbocycles. The van der Waals surface area contributed by atoms with Gasteiger partial charge in [-0.25, -0.2) is 4.39 Å². The van der Waals surface area contributed by atoms with Crippen LogP contribution in [0.3, 0.4) is 0 Å². The Morgan fingerprint density at radius 1 is 1.54 bits per heavy atom. The number of hydrogen-bond acceptors (Lipinski definition) is 1. The lowest BCUT2D eigenvalue weighted by atomic mass is 10.1. The van der Waals surface area contributed by atoms with E-state index in [1.165, 1.54) is 18.2 Å². The predicted molar refractivity (Wildman–Crippen MR) is 49.4 cm³/mol. The number of primary amides is 1. The monoisotopic (exact) mass is 179 g/mol. The summed E-state index contributed by atoms with van der Waals surface area (Å²) in [6.07, 6.45) is 2.68. The number of amides is 1. The molecule has 1 aromatic carbocycles. The van der Waals surface area contributed by atoms with Gasteiger partial charge in [0, 0.05) is 6.08 Å². The topological polar surface area (TPSA) is 43.1 Å². The molecule has 0 radical (unpaired) electrons. The van der Waals surface area contributed by atoms with E-state index in [0.29, 0.717) is 11.1 Å². The molecule has 1 aromatic rings. The maximum atomic E-state index is 13.0. The van der Waals surface area contributed by atoms with Crippen LogP contribution in [0.1, 0.15) is 11.1 Å². The summed E-state index contributed by atoms with van der Waals surface area (Å²) in [5.74, 6) is -0.826. The van der Waals surface area contributed by atoms with Gasteiger partial charge < -0.3 is 5.73 Å². The Labute approximate surface area is 75.9 Å². The van der Waals surface area contributed by atoms with Crippen molar-refractivity contribution in [1.29, 1.82) is 0 Å². The van der Waals surface area contributed by atoms with Crippen molar-refractivity contribution in [3.8, 4) is 0 Å². The summed E-state index contributed by atoms with van der Waals surface area (Å²) in [6.45, 7) is 1.68. The average molecular weight is 179 g/mol. The van der Waals surface area contributed by atoms with Crippen molar-refractivity contribution in [2.24, 2.45) is 5.73 Å². The first kappa shape index (κ1) is 9.45. The lowest BCUT2D eigenvalue weighted by molar-refractivity contribution is -0.113. The summed E-state index contributed by atoms with van der Waals surface area (Å²) in [5.41, 5.74) is 6.10. The second kappa shape index (κ2) is 3.85. The van der Waals surface area contributed by atoms with Crippen molar-refractivity contribution >= 4 is 12.0 Å². The molecule has 0 heterocycles. The van der Waals surface area contributed by atoms with Crippen LogP contribution in [0.4, 0.5) is 4.39 Å². The van der Waals surface area contributed by atoms with Gasteiger partial charge in [0.2, 0.25) is 5.91 Å². The van der Waals surface area contributed by atoms with Crippen LogP contribution in [0.2, 0.25) is 0 Å². The molecule has 2 nitrogen and oxygen atoms in total. The largest absolute Gasteiger partial charge is 0.366 e. The summed E-state index contributed by atoms with van der Waals surface area (Å²) in [7, 11) is 0. The highest BCUT2D eigenvalue weighted by Crippen LogP contribution is 2.10. The van der Waals surface area contributed by atoms with Gasteiger partial charge in [0.25, 0.3) is 0 Å². The standard InChI is InChI=1S/C10H10FNO/c1-7-2-3-8(6-9(7)11)4-5-10(12)13/h2-6H,1H3,(H2,12,13)/b5-4+. The Kier molecular flexibility index (Phi) is 2.80. The van der Waals surface area contributed by atoms with Gasteiger partial charge in [-0.3, -0.25) is 4.79 Å². The molecule has 0 bridgehead atoms. The van der Waals surface area contributed by atoms with Crippen molar-refractivity contribution < 1.29 is 9.18 Å². The zero-order chi connectivity index (χ0) is 9.84. The molecule has 0 spiro atoms. The Hall–Kier alpha value is -1.64. The summed E-state index contributed by atoms with van der Waals surface area (Å²) in [6, 6.07) is 4.72. The highest BCUT2D eigenvalue weighted by atomic mass is 19.1. The third-order valence-electron chi connectivity index (χ3n) is 1.64. The zero-order valence-corrected chi connectivity index (χ0v) is 7.25. The van der Waals surface area contributed by atoms with Gasteiger partial charge in [-0.05, 0) is 30.2 Å². The number of carbonyl (C=O) groups is 1. The quantitative estimate of drug-likeness (QED) is 0.689. The summed E-state index contributed by atoms with van der Waals surface area (Å²) in [4.78, 5) is 10.4. The highest BCUT2D eigenvalue weighted by Gasteiger charge is 1.96. The van der Waals surface area contributed by atoms with Gasteiger partial charge in [0.05, 0.1) is 0 Å². The third kappa shape index (κ3) is 2.71. The van der Waals surface area contributed by atoms with Crippen molar-refractivity contribution in [3.05, 3.63) is 41.2 Å². The molecular weight excluding hydrogens is 169 g/mol. The van der Waals surface area contributed by atoms with Gasteiger partial charge in [-0.2, -0.15) is 0 Å². The van der Waals surface area contributed by atoms with Crippen LogP contribution in [0.25, 0.3) is 6.08 Å². The van der Waals surface area contributed by atoms with E-state index in [-0.39, 0.29) is 5.82 Å². The fraction of sp³-hybridized carbons (Fsp3) is 0.100. The SMILES string of the molecule is Cc1ccc(/C=C/C(N)=O)cc1F. The molecule has 3 heteroatoms. The fourth-order valence-corrected chi connectivity index (χ4v) is 0.891. The Bertz CT molecular complexity index is 358. The average Bonchev–Trinajstić information content (AvgIpc) is 2.07. The minimum Gasteiger partial charge on any atom is -0.366 e. The molecule has 0 saturated carbocycles. The molecule has 0 atom stereocenters. The minimum atomic E-state index is -0.541. The Morgan fingerprint density at radius 3 is 2.77 bits per heavy atom. The van der Waals surface area contributed by atoms with E-state index in [4.69, 9.17) is 5.73 Å². The van der Waals surface area contributed by atoms with Crippen LogP contribution >= 0.6 is 0 Å². The molecule has 1 rings (SSSR count). The van der Waals surface area contributed by atoms with Crippen molar-refractivity contribution in [2.75, 3.05) is 0 Å². The van der Waals surface area contributed by atoms with E-state index in [9.17, 15) is 9.18 Å². The second-order valence-corrected chi connectivity index (χ2v) is 2.74. The molecule has 0 fully saturated rings. The number of hydrogen-bond donors (Lipinski definition) is 1. The maximum absolute atomic E-state index is 13.0. The molecule has 2 N–H and O–H groups in total. The molecular formula is C10H10FNO.